The number of hydrogen-bond donors (Lipinski definition) is 2. The third kappa shape index (κ3) is 6.04. The van der Waals surface area contributed by atoms with Gasteiger partial charge in [-0.15, -0.1) is 0 Å². The lowest BCUT2D eigenvalue weighted by Crippen LogP contribution is -2.45. The van der Waals surface area contributed by atoms with Crippen LogP contribution in [-0.2, 0) is 17.6 Å². The molecule has 196 valence electrons. The molecule has 7 nitrogen and oxygen atoms in total. The molecular formula is C30H40N5O2+. The maximum atomic E-state index is 11.9. The zero-order valence-corrected chi connectivity index (χ0v) is 22.4. The first-order valence-corrected chi connectivity index (χ1v) is 13.7. The summed E-state index contributed by atoms with van der Waals surface area (Å²) in [5, 5.41) is 17.8. The highest BCUT2D eigenvalue weighted by molar-refractivity contribution is 5.68. The number of likely N-dealkylation sites (N-methyl/N-ethyl adjacent to an activating group) is 1. The van der Waals surface area contributed by atoms with Crippen LogP contribution in [0.2, 0.25) is 0 Å². The lowest BCUT2D eigenvalue weighted by molar-refractivity contribution is -0.900. The number of nitrogens with zero attached hydrogens (tertiary/aromatic N) is 4. The van der Waals surface area contributed by atoms with Crippen molar-refractivity contribution in [3.63, 3.8) is 0 Å². The predicted molar refractivity (Wildman–Crippen MR) is 146 cm³/mol. The van der Waals surface area contributed by atoms with Crippen molar-refractivity contribution in [2.24, 2.45) is 5.92 Å². The van der Waals surface area contributed by atoms with Crippen LogP contribution in [0.15, 0.2) is 42.5 Å². The highest BCUT2D eigenvalue weighted by Gasteiger charge is 2.37. The van der Waals surface area contributed by atoms with E-state index in [9.17, 15) is 9.90 Å². The number of pyridine rings is 1. The van der Waals surface area contributed by atoms with Gasteiger partial charge < -0.3 is 14.9 Å². The average molecular weight is 503 g/mol. The van der Waals surface area contributed by atoms with Crippen molar-refractivity contribution in [1.29, 1.82) is 0 Å². The van der Waals surface area contributed by atoms with Crippen LogP contribution in [0.1, 0.15) is 59.8 Å². The summed E-state index contributed by atoms with van der Waals surface area (Å²) in [5.74, 6) is 0.944. The molecule has 3 aromatic rings. The molecule has 0 spiro atoms. The summed E-state index contributed by atoms with van der Waals surface area (Å²) in [6.45, 7) is 8.09. The lowest BCUT2D eigenvalue weighted by atomic mass is 9.93. The average Bonchev–Trinajstić information content (AvgIpc) is 3.42. The summed E-state index contributed by atoms with van der Waals surface area (Å²) in [6, 6.07) is 14.8. The van der Waals surface area contributed by atoms with Crippen LogP contribution in [0.25, 0.3) is 5.69 Å². The van der Waals surface area contributed by atoms with E-state index in [1.165, 1.54) is 24.1 Å². The van der Waals surface area contributed by atoms with Crippen LogP contribution in [-0.4, -0.2) is 63.6 Å². The van der Waals surface area contributed by atoms with Gasteiger partial charge in [0, 0.05) is 36.2 Å². The Balaban J connectivity index is 1.25. The molecule has 0 amide bonds. The Morgan fingerprint density at radius 2 is 2.11 bits per heavy atom. The van der Waals surface area contributed by atoms with E-state index in [-0.39, 0.29) is 12.3 Å². The first-order valence-electron chi connectivity index (χ1n) is 13.7. The van der Waals surface area contributed by atoms with Gasteiger partial charge in [-0.2, -0.15) is 5.10 Å². The van der Waals surface area contributed by atoms with E-state index >= 15 is 0 Å². The molecule has 1 saturated heterocycles. The highest BCUT2D eigenvalue weighted by Crippen LogP contribution is 2.32. The Kier molecular flexibility index (Phi) is 7.33. The van der Waals surface area contributed by atoms with Gasteiger partial charge in [-0.1, -0.05) is 18.2 Å². The third-order valence-electron chi connectivity index (χ3n) is 8.21. The van der Waals surface area contributed by atoms with Crippen molar-refractivity contribution < 1.29 is 14.4 Å². The van der Waals surface area contributed by atoms with Crippen molar-refractivity contribution >= 4 is 11.8 Å². The molecule has 0 radical (unpaired) electrons. The molecule has 1 fully saturated rings. The second kappa shape index (κ2) is 10.7. The minimum Gasteiger partial charge on any atom is -0.481 e. The summed E-state index contributed by atoms with van der Waals surface area (Å²) in [4.78, 5) is 16.7. The number of aromatic nitrogens is 3. The molecule has 2 N–H and O–H groups in total. The van der Waals surface area contributed by atoms with Crippen molar-refractivity contribution in [2.45, 2.75) is 58.3 Å². The van der Waals surface area contributed by atoms with Gasteiger partial charge in [0.2, 0.25) is 0 Å². The topological polar surface area (TPSA) is 80.0 Å². The number of aliphatic carboxylic acids is 1. The molecule has 1 aromatic carbocycles. The summed E-state index contributed by atoms with van der Waals surface area (Å²) >= 11 is 0. The Hall–Kier alpha value is -3.19. The number of hydrogen-bond acceptors (Lipinski definition) is 4. The molecular weight excluding hydrogens is 462 g/mol. The lowest BCUT2D eigenvalue weighted by Gasteiger charge is -2.33. The van der Waals surface area contributed by atoms with Crippen LogP contribution in [0.3, 0.4) is 0 Å². The summed E-state index contributed by atoms with van der Waals surface area (Å²) < 4.78 is 2.87. The zero-order chi connectivity index (χ0) is 26.0. The Morgan fingerprint density at radius 3 is 2.89 bits per heavy atom. The number of aryl methyl sites for hydroxylation is 4. The number of quaternary nitrogens is 1. The summed E-state index contributed by atoms with van der Waals surface area (Å²) in [6.07, 6.45) is 5.77. The summed E-state index contributed by atoms with van der Waals surface area (Å²) in [7, 11) is 2.31. The molecule has 5 rings (SSSR count). The minimum atomic E-state index is -0.740. The van der Waals surface area contributed by atoms with Crippen LogP contribution in [0, 0.1) is 19.8 Å². The molecule has 2 aliphatic rings. The second-order valence-electron chi connectivity index (χ2n) is 11.5. The van der Waals surface area contributed by atoms with Gasteiger partial charge in [0.25, 0.3) is 0 Å². The van der Waals surface area contributed by atoms with E-state index in [0.717, 1.165) is 78.4 Å². The fourth-order valence-electron chi connectivity index (χ4n) is 6.39. The number of nitrogens with one attached hydrogen (secondary N) is 1. The smallest absolute Gasteiger partial charge is 0.304 e. The van der Waals surface area contributed by atoms with Gasteiger partial charge in [-0.25, -0.2) is 9.67 Å². The quantitative estimate of drug-likeness (QED) is 0.407. The normalized spacial score (nSPS) is 21.9. The van der Waals surface area contributed by atoms with Gasteiger partial charge in [-0.05, 0) is 74.9 Å². The monoisotopic (exact) mass is 502 g/mol. The fourth-order valence-corrected chi connectivity index (χ4v) is 6.39. The van der Waals surface area contributed by atoms with E-state index in [1.807, 2.05) is 30.7 Å². The highest BCUT2D eigenvalue weighted by atomic mass is 16.4. The number of carbonyl (C=O) groups is 1. The molecule has 2 aromatic heterocycles. The van der Waals surface area contributed by atoms with E-state index in [0.29, 0.717) is 5.92 Å². The Bertz CT molecular complexity index is 1270. The van der Waals surface area contributed by atoms with E-state index in [4.69, 9.17) is 4.98 Å². The van der Waals surface area contributed by atoms with E-state index < -0.39 is 5.97 Å². The molecule has 37 heavy (non-hydrogen) atoms. The number of anilines is 1. The molecule has 0 aliphatic carbocycles. The number of fused-ring (bicyclic) bond motifs is 1. The molecule has 2 aliphatic heterocycles. The SMILES string of the molecule is Cc1cc(C)n(-c2cccc([C@H](CC(=O)O)C[N@+]3(C)CC[C@H](CCc4ccc5c(n4)NCCC5)C3)c2)n1. The predicted octanol–water partition coefficient (Wildman–Crippen LogP) is 4.90. The number of rotatable bonds is 9. The third-order valence-corrected chi connectivity index (χ3v) is 8.21. The number of carboxylic acids is 1. The van der Waals surface area contributed by atoms with Crippen molar-refractivity contribution in [2.75, 3.05) is 38.5 Å². The van der Waals surface area contributed by atoms with Gasteiger partial charge in [0.15, 0.2) is 0 Å². The largest absolute Gasteiger partial charge is 0.481 e. The maximum absolute atomic E-state index is 11.9. The van der Waals surface area contributed by atoms with Gasteiger partial charge in [0.1, 0.15) is 5.82 Å². The van der Waals surface area contributed by atoms with Crippen LogP contribution < -0.4 is 5.32 Å². The minimum absolute atomic E-state index is 0.0356. The van der Waals surface area contributed by atoms with Crippen LogP contribution in [0.4, 0.5) is 5.82 Å². The summed E-state index contributed by atoms with van der Waals surface area (Å²) in [5.41, 5.74) is 6.65. The standard InChI is InChI=1S/C30H39N5O2/c1-21-16-22(2)34(33-21)28-8-4-6-25(17-28)26(18-29(36)37)20-35(3)15-13-23(19-35)9-11-27-12-10-24-7-5-14-31-30(24)32-27/h4,6,8,10,12,16-17,23,26H,5,7,9,11,13-15,18-20H2,1-3H3,(H-,31,32,36,37)/p+1/t23-,26+,35+/m0/s1. The van der Waals surface area contributed by atoms with Crippen molar-refractivity contribution in [3.8, 4) is 5.69 Å². The Morgan fingerprint density at radius 1 is 1.24 bits per heavy atom. The van der Waals surface area contributed by atoms with Crippen molar-refractivity contribution in [1.82, 2.24) is 14.8 Å². The number of benzene rings is 1. The Labute approximate surface area is 220 Å². The van der Waals surface area contributed by atoms with Crippen LogP contribution >= 0.6 is 0 Å². The molecule has 0 saturated carbocycles. The van der Waals surface area contributed by atoms with Crippen molar-refractivity contribution in [3.05, 3.63) is 70.7 Å². The first-order chi connectivity index (χ1) is 17.8. The number of carboxylic acid groups (broad SMARTS) is 1. The van der Waals surface area contributed by atoms with Crippen LogP contribution in [0.5, 0.6) is 0 Å². The maximum Gasteiger partial charge on any atom is 0.304 e. The van der Waals surface area contributed by atoms with E-state index in [1.54, 1.807) is 0 Å². The van der Waals surface area contributed by atoms with Gasteiger partial charge in [-0.3, -0.25) is 4.79 Å². The van der Waals surface area contributed by atoms with E-state index in [2.05, 4.69) is 47.8 Å². The molecule has 0 bridgehead atoms. The van der Waals surface area contributed by atoms with Gasteiger partial charge in [0.05, 0.1) is 44.5 Å². The first kappa shape index (κ1) is 25.5. The fraction of sp³-hybridized carbons (Fsp3) is 0.500. The second-order valence-corrected chi connectivity index (χ2v) is 11.5. The number of likely N-dealkylation sites (tertiary alicyclic amines) is 1. The molecule has 0 unspecified atom stereocenters. The zero-order valence-electron chi connectivity index (χ0n) is 22.4. The van der Waals surface area contributed by atoms with Gasteiger partial charge >= 0.3 is 5.97 Å². The molecule has 3 atom stereocenters. The molecule has 4 heterocycles. The molecule has 7 heteroatoms.